The Labute approximate surface area is 114 Å². The number of rotatable bonds is 1. The first kappa shape index (κ1) is 11.5. The zero-order chi connectivity index (χ0) is 11.8. The van der Waals surface area contributed by atoms with Gasteiger partial charge in [0.2, 0.25) is 0 Å². The molecule has 2 aliphatic heterocycles. The van der Waals surface area contributed by atoms with E-state index in [9.17, 15) is 4.79 Å². The number of halogens is 1. The van der Waals surface area contributed by atoms with Crippen LogP contribution in [0.5, 0.6) is 0 Å². The number of nitrogens with zero attached hydrogens (tertiary/aromatic N) is 2. The van der Waals surface area contributed by atoms with E-state index in [1.165, 1.54) is 19.5 Å². The van der Waals surface area contributed by atoms with E-state index in [1.807, 2.05) is 18.5 Å². The average molecular weight is 345 g/mol. The summed E-state index contributed by atoms with van der Waals surface area (Å²) in [6, 6.07) is 2.26. The topological polar surface area (TPSA) is 37.3 Å². The van der Waals surface area contributed by atoms with Crippen molar-refractivity contribution in [2.24, 2.45) is 5.92 Å². The second-order valence-electron chi connectivity index (χ2n) is 5.03. The number of piperidine rings is 1. The minimum atomic E-state index is 0.000385. The standard InChI is InChI=1S/C12H16IN3O/c13-10-2-4-16(7-10)12(17)14-11-5-9-1-3-15(6-9)8-11/h2,4,7,9,11H,1,3,5-6,8H2,(H,14,17). The summed E-state index contributed by atoms with van der Waals surface area (Å²) in [6.07, 6.45) is 6.11. The Hall–Kier alpha value is -0.560. The number of amides is 1. The van der Waals surface area contributed by atoms with Crippen LogP contribution < -0.4 is 5.32 Å². The Morgan fingerprint density at radius 2 is 2.35 bits per heavy atom. The summed E-state index contributed by atoms with van der Waals surface area (Å²) < 4.78 is 2.72. The first-order valence-electron chi connectivity index (χ1n) is 6.07. The molecule has 4 nitrogen and oxygen atoms in total. The van der Waals surface area contributed by atoms with Crippen LogP contribution in [-0.4, -0.2) is 41.2 Å². The molecular formula is C12H16IN3O. The lowest BCUT2D eigenvalue weighted by molar-refractivity contribution is 0.206. The van der Waals surface area contributed by atoms with Gasteiger partial charge in [-0.25, -0.2) is 4.79 Å². The first-order chi connectivity index (χ1) is 8.20. The highest BCUT2D eigenvalue weighted by Gasteiger charge is 2.32. The molecule has 0 saturated carbocycles. The van der Waals surface area contributed by atoms with E-state index in [2.05, 4.69) is 32.8 Å². The van der Waals surface area contributed by atoms with Gasteiger partial charge in [-0.15, -0.1) is 0 Å². The molecule has 2 aliphatic rings. The van der Waals surface area contributed by atoms with E-state index in [0.717, 1.165) is 22.5 Å². The largest absolute Gasteiger partial charge is 0.333 e. The molecule has 5 heteroatoms. The molecule has 92 valence electrons. The number of hydrogen-bond donors (Lipinski definition) is 1. The molecule has 3 heterocycles. The molecule has 3 unspecified atom stereocenters. The van der Waals surface area contributed by atoms with Crippen molar-refractivity contribution in [2.75, 3.05) is 19.6 Å². The van der Waals surface area contributed by atoms with Gasteiger partial charge in [0.1, 0.15) is 0 Å². The summed E-state index contributed by atoms with van der Waals surface area (Å²) in [6.45, 7) is 3.45. The van der Waals surface area contributed by atoms with Crippen LogP contribution in [0, 0.1) is 9.49 Å². The van der Waals surface area contributed by atoms with Crippen LogP contribution in [0.1, 0.15) is 12.8 Å². The fraction of sp³-hybridized carbons (Fsp3) is 0.583. The average Bonchev–Trinajstić information content (AvgIpc) is 2.85. The van der Waals surface area contributed by atoms with Crippen LogP contribution in [0.4, 0.5) is 4.79 Å². The van der Waals surface area contributed by atoms with E-state index >= 15 is 0 Å². The molecule has 1 amide bonds. The van der Waals surface area contributed by atoms with E-state index < -0.39 is 0 Å². The number of hydrogen-bond acceptors (Lipinski definition) is 2. The van der Waals surface area contributed by atoms with Crippen molar-refractivity contribution < 1.29 is 4.79 Å². The molecule has 3 rings (SSSR count). The van der Waals surface area contributed by atoms with Gasteiger partial charge >= 0.3 is 6.03 Å². The van der Waals surface area contributed by atoms with E-state index in [0.29, 0.717) is 6.04 Å². The van der Waals surface area contributed by atoms with Crippen molar-refractivity contribution in [3.05, 3.63) is 22.0 Å². The van der Waals surface area contributed by atoms with Crippen molar-refractivity contribution in [1.82, 2.24) is 14.8 Å². The van der Waals surface area contributed by atoms with E-state index in [4.69, 9.17) is 0 Å². The van der Waals surface area contributed by atoms with Crippen molar-refractivity contribution >= 4 is 28.6 Å². The van der Waals surface area contributed by atoms with Crippen LogP contribution >= 0.6 is 22.6 Å². The Bertz CT molecular complexity index is 419. The molecule has 1 aromatic rings. The lowest BCUT2D eigenvalue weighted by Crippen LogP contribution is -2.47. The van der Waals surface area contributed by atoms with Gasteiger partial charge in [-0.2, -0.15) is 0 Å². The summed E-state index contributed by atoms with van der Waals surface area (Å²) in [5.74, 6) is 0.791. The normalized spacial score (nSPS) is 31.5. The number of fused-ring (bicyclic) bond motifs is 2. The van der Waals surface area contributed by atoms with Crippen LogP contribution in [-0.2, 0) is 0 Å². The molecule has 17 heavy (non-hydrogen) atoms. The zero-order valence-corrected chi connectivity index (χ0v) is 11.8. The Morgan fingerprint density at radius 3 is 3.06 bits per heavy atom. The number of aromatic nitrogens is 1. The summed E-state index contributed by atoms with van der Waals surface area (Å²) in [5.41, 5.74) is 0. The molecule has 2 bridgehead atoms. The maximum absolute atomic E-state index is 12.0. The lowest BCUT2D eigenvalue weighted by Gasteiger charge is -2.30. The van der Waals surface area contributed by atoms with Crippen LogP contribution in [0.3, 0.4) is 0 Å². The predicted octanol–water partition coefficient (Wildman–Crippen LogP) is 1.74. The highest BCUT2D eigenvalue weighted by atomic mass is 127. The van der Waals surface area contributed by atoms with Gasteiger partial charge in [-0.1, -0.05) is 0 Å². The predicted molar refractivity (Wildman–Crippen MR) is 74.0 cm³/mol. The van der Waals surface area contributed by atoms with E-state index in [1.54, 1.807) is 4.57 Å². The second kappa shape index (κ2) is 4.61. The highest BCUT2D eigenvalue weighted by Crippen LogP contribution is 2.26. The number of nitrogens with one attached hydrogen (secondary N) is 1. The zero-order valence-electron chi connectivity index (χ0n) is 9.60. The Kier molecular flexibility index (Phi) is 3.12. The third kappa shape index (κ3) is 2.49. The fourth-order valence-corrected chi connectivity index (χ4v) is 3.37. The molecule has 3 atom stereocenters. The maximum Gasteiger partial charge on any atom is 0.325 e. The van der Waals surface area contributed by atoms with Gasteiger partial charge in [0.25, 0.3) is 0 Å². The minimum Gasteiger partial charge on any atom is -0.333 e. The van der Waals surface area contributed by atoms with Gasteiger partial charge in [0.15, 0.2) is 0 Å². The van der Waals surface area contributed by atoms with Crippen molar-refractivity contribution in [1.29, 1.82) is 0 Å². The highest BCUT2D eigenvalue weighted by molar-refractivity contribution is 14.1. The molecular weight excluding hydrogens is 329 g/mol. The van der Waals surface area contributed by atoms with Gasteiger partial charge in [-0.3, -0.25) is 4.57 Å². The fourth-order valence-electron chi connectivity index (χ4n) is 2.91. The maximum atomic E-state index is 12.0. The monoisotopic (exact) mass is 345 g/mol. The van der Waals surface area contributed by atoms with Crippen LogP contribution in [0.2, 0.25) is 0 Å². The summed E-state index contributed by atoms with van der Waals surface area (Å²) >= 11 is 2.21. The van der Waals surface area contributed by atoms with Gasteiger partial charge < -0.3 is 10.2 Å². The molecule has 0 radical (unpaired) electrons. The van der Waals surface area contributed by atoms with Crippen molar-refractivity contribution in [3.63, 3.8) is 0 Å². The molecule has 2 saturated heterocycles. The summed E-state index contributed by atoms with van der Waals surface area (Å²) in [4.78, 5) is 14.4. The lowest BCUT2D eigenvalue weighted by atomic mass is 9.97. The summed E-state index contributed by atoms with van der Waals surface area (Å²) in [7, 11) is 0. The van der Waals surface area contributed by atoms with Gasteiger partial charge in [0, 0.05) is 35.1 Å². The molecule has 1 aromatic heterocycles. The van der Waals surface area contributed by atoms with E-state index in [-0.39, 0.29) is 6.03 Å². The second-order valence-corrected chi connectivity index (χ2v) is 6.28. The third-order valence-electron chi connectivity index (χ3n) is 3.69. The Morgan fingerprint density at radius 1 is 1.47 bits per heavy atom. The SMILES string of the molecule is O=C(NC1CC2CCN(C2)C1)n1ccc(I)c1. The van der Waals surface area contributed by atoms with Crippen molar-refractivity contribution in [3.8, 4) is 0 Å². The van der Waals surface area contributed by atoms with Gasteiger partial charge in [0.05, 0.1) is 0 Å². The molecule has 0 aromatic carbocycles. The number of carbonyl (C=O) groups is 1. The van der Waals surface area contributed by atoms with Crippen LogP contribution in [0.15, 0.2) is 18.5 Å². The molecule has 1 N–H and O–H groups in total. The Balaban J connectivity index is 1.62. The first-order valence-corrected chi connectivity index (χ1v) is 7.15. The quantitative estimate of drug-likeness (QED) is 0.788. The number of carbonyl (C=O) groups excluding carboxylic acids is 1. The molecule has 0 aliphatic carbocycles. The summed E-state index contributed by atoms with van der Waals surface area (Å²) in [5, 5.41) is 3.13. The van der Waals surface area contributed by atoms with Crippen LogP contribution in [0.25, 0.3) is 0 Å². The van der Waals surface area contributed by atoms with Gasteiger partial charge in [-0.05, 0) is 54.0 Å². The smallest absolute Gasteiger partial charge is 0.325 e. The molecule has 2 fully saturated rings. The molecule has 0 spiro atoms. The minimum absolute atomic E-state index is 0.000385. The third-order valence-corrected chi connectivity index (χ3v) is 4.32. The van der Waals surface area contributed by atoms with Crippen molar-refractivity contribution in [2.45, 2.75) is 18.9 Å².